The van der Waals surface area contributed by atoms with E-state index in [-0.39, 0.29) is 23.2 Å². The number of carbonyl (C=O) groups excluding carboxylic acids is 2. The number of carbonyl (C=O) groups is 2. The molecule has 1 aliphatic rings. The molecule has 1 aromatic carbocycles. The first-order chi connectivity index (χ1) is 12.1. The summed E-state index contributed by atoms with van der Waals surface area (Å²) in [6.45, 7) is 1.70. The van der Waals surface area contributed by atoms with Crippen LogP contribution in [0.3, 0.4) is 0 Å². The van der Waals surface area contributed by atoms with Gasteiger partial charge >= 0.3 is 6.09 Å². The fraction of sp³-hybridized carbons (Fsp3) is 0.389. The minimum atomic E-state index is -0.404. The van der Waals surface area contributed by atoms with Gasteiger partial charge in [0.05, 0.1) is 12.5 Å². The Labute approximate surface area is 144 Å². The Bertz CT molecular complexity index is 837. The van der Waals surface area contributed by atoms with Crippen LogP contribution in [0, 0.1) is 5.92 Å². The van der Waals surface area contributed by atoms with E-state index in [2.05, 4.69) is 5.32 Å². The summed E-state index contributed by atoms with van der Waals surface area (Å²) in [7, 11) is 1.37. The van der Waals surface area contributed by atoms with Crippen molar-refractivity contribution in [3.63, 3.8) is 0 Å². The molecule has 0 radical (unpaired) electrons. The zero-order valence-electron chi connectivity index (χ0n) is 14.0. The van der Waals surface area contributed by atoms with E-state index in [0.29, 0.717) is 30.6 Å². The van der Waals surface area contributed by atoms with Gasteiger partial charge in [0, 0.05) is 25.7 Å². The van der Waals surface area contributed by atoms with E-state index < -0.39 is 5.91 Å². The fourth-order valence-electron chi connectivity index (χ4n) is 2.99. The smallest absolute Gasteiger partial charge is 0.409 e. The molecule has 0 aliphatic carbocycles. The largest absolute Gasteiger partial charge is 0.453 e. The average Bonchev–Trinajstić information content (AvgIpc) is 2.65. The van der Waals surface area contributed by atoms with Crippen LogP contribution < -0.4 is 10.7 Å². The van der Waals surface area contributed by atoms with E-state index in [1.54, 1.807) is 29.2 Å². The summed E-state index contributed by atoms with van der Waals surface area (Å²) in [4.78, 5) is 37.4. The average molecular weight is 344 g/mol. The molecule has 0 saturated carbocycles. The molecule has 3 rings (SSSR count). The van der Waals surface area contributed by atoms with Gasteiger partial charge in [0.25, 0.3) is 5.91 Å². The first-order valence-corrected chi connectivity index (χ1v) is 8.22. The minimum Gasteiger partial charge on any atom is -0.453 e. The molecule has 0 unspecified atom stereocenters. The molecule has 7 nitrogen and oxygen atoms in total. The summed E-state index contributed by atoms with van der Waals surface area (Å²) in [5, 5.41) is 3.27. The van der Waals surface area contributed by atoms with Gasteiger partial charge in [-0.3, -0.25) is 9.59 Å². The number of fused-ring (bicyclic) bond motifs is 1. The third-order valence-corrected chi connectivity index (χ3v) is 4.46. The van der Waals surface area contributed by atoms with E-state index >= 15 is 0 Å². The highest BCUT2D eigenvalue weighted by molar-refractivity contribution is 5.93. The topological polar surface area (TPSA) is 88.9 Å². The van der Waals surface area contributed by atoms with E-state index in [1.807, 2.05) is 0 Å². The standard InChI is InChI=1S/C18H20N2O5/c1-24-18(23)20-8-6-12(7-9-20)11-19-17(22)16-10-14(21)13-4-2-3-5-15(13)25-16/h2-5,10,12H,6-9,11H2,1H3,(H,19,22). The van der Waals surface area contributed by atoms with Gasteiger partial charge in [-0.2, -0.15) is 0 Å². The van der Waals surface area contributed by atoms with Crippen LogP contribution >= 0.6 is 0 Å². The summed E-state index contributed by atoms with van der Waals surface area (Å²) in [6.07, 6.45) is 1.26. The van der Waals surface area contributed by atoms with Crippen molar-refractivity contribution in [2.75, 3.05) is 26.7 Å². The molecule has 132 valence electrons. The third-order valence-electron chi connectivity index (χ3n) is 4.46. The molecule has 25 heavy (non-hydrogen) atoms. The number of nitrogens with zero attached hydrogens (tertiary/aromatic N) is 1. The maximum Gasteiger partial charge on any atom is 0.409 e. The van der Waals surface area contributed by atoms with Crippen LogP contribution in [0.25, 0.3) is 11.0 Å². The Balaban J connectivity index is 1.59. The monoisotopic (exact) mass is 344 g/mol. The lowest BCUT2D eigenvalue weighted by atomic mass is 9.97. The zero-order chi connectivity index (χ0) is 17.8. The number of amides is 2. The van der Waals surface area contributed by atoms with Crippen molar-refractivity contribution in [1.82, 2.24) is 10.2 Å². The summed E-state index contributed by atoms with van der Waals surface area (Å²) in [5.41, 5.74) is 0.157. The lowest BCUT2D eigenvalue weighted by molar-refractivity contribution is 0.0891. The van der Waals surface area contributed by atoms with E-state index in [1.165, 1.54) is 13.2 Å². The van der Waals surface area contributed by atoms with Crippen molar-refractivity contribution >= 4 is 23.0 Å². The number of likely N-dealkylation sites (tertiary alicyclic amines) is 1. The van der Waals surface area contributed by atoms with Crippen LogP contribution in [0.1, 0.15) is 23.4 Å². The number of hydrogen-bond donors (Lipinski definition) is 1. The number of nitrogens with one attached hydrogen (secondary N) is 1. The highest BCUT2D eigenvalue weighted by atomic mass is 16.5. The number of rotatable bonds is 3. The predicted molar refractivity (Wildman–Crippen MR) is 91.5 cm³/mol. The maximum atomic E-state index is 12.3. The van der Waals surface area contributed by atoms with Gasteiger partial charge in [0.1, 0.15) is 5.58 Å². The molecule has 2 amide bonds. The molecular weight excluding hydrogens is 324 g/mol. The highest BCUT2D eigenvalue weighted by Crippen LogP contribution is 2.17. The molecule has 2 heterocycles. The first kappa shape index (κ1) is 17.0. The van der Waals surface area contributed by atoms with Crippen LogP contribution in [0.2, 0.25) is 0 Å². The van der Waals surface area contributed by atoms with Gasteiger partial charge in [-0.1, -0.05) is 12.1 Å². The van der Waals surface area contributed by atoms with E-state index in [4.69, 9.17) is 9.15 Å². The maximum absolute atomic E-state index is 12.3. The SMILES string of the molecule is COC(=O)N1CCC(CNC(=O)c2cc(=O)c3ccccc3o2)CC1. The predicted octanol–water partition coefficient (Wildman–Crippen LogP) is 2.00. The van der Waals surface area contributed by atoms with Gasteiger partial charge in [0.15, 0.2) is 11.2 Å². The van der Waals surface area contributed by atoms with Crippen LogP contribution in [-0.2, 0) is 4.74 Å². The van der Waals surface area contributed by atoms with Crippen molar-refractivity contribution < 1.29 is 18.7 Å². The molecule has 7 heteroatoms. The Morgan fingerprint density at radius 3 is 2.72 bits per heavy atom. The second-order valence-corrected chi connectivity index (χ2v) is 6.08. The van der Waals surface area contributed by atoms with Crippen LogP contribution in [0.4, 0.5) is 4.79 Å². The number of para-hydroxylation sites is 1. The third kappa shape index (κ3) is 3.81. The number of hydrogen-bond acceptors (Lipinski definition) is 5. The van der Waals surface area contributed by atoms with Crippen molar-refractivity contribution in [3.05, 3.63) is 46.3 Å². The van der Waals surface area contributed by atoms with Crippen molar-refractivity contribution in [3.8, 4) is 0 Å². The number of ether oxygens (including phenoxy) is 1. The quantitative estimate of drug-likeness (QED) is 0.920. The molecule has 0 spiro atoms. The van der Waals surface area contributed by atoms with Crippen molar-refractivity contribution in [2.45, 2.75) is 12.8 Å². The summed E-state index contributed by atoms with van der Waals surface area (Å²) in [6, 6.07) is 8.05. The van der Waals surface area contributed by atoms with Gasteiger partial charge in [0.2, 0.25) is 0 Å². The Morgan fingerprint density at radius 2 is 2.00 bits per heavy atom. The molecule has 0 bridgehead atoms. The van der Waals surface area contributed by atoms with Gasteiger partial charge in [-0.25, -0.2) is 4.79 Å². The molecule has 1 aromatic heterocycles. The van der Waals surface area contributed by atoms with Crippen molar-refractivity contribution in [2.24, 2.45) is 5.92 Å². The van der Waals surface area contributed by atoms with E-state index in [9.17, 15) is 14.4 Å². The molecule has 2 aromatic rings. The van der Waals surface area contributed by atoms with Crippen molar-refractivity contribution in [1.29, 1.82) is 0 Å². The Kier molecular flexibility index (Phi) is 5.02. The zero-order valence-corrected chi connectivity index (χ0v) is 14.0. The lowest BCUT2D eigenvalue weighted by Crippen LogP contribution is -2.41. The van der Waals surface area contributed by atoms with E-state index in [0.717, 1.165) is 12.8 Å². The summed E-state index contributed by atoms with van der Waals surface area (Å²) in [5.74, 6) is -0.119. The molecule has 1 N–H and O–H groups in total. The second-order valence-electron chi connectivity index (χ2n) is 6.08. The van der Waals surface area contributed by atoms with Crippen LogP contribution in [-0.4, -0.2) is 43.6 Å². The van der Waals surface area contributed by atoms with Gasteiger partial charge in [-0.05, 0) is 30.9 Å². The molecule has 0 atom stereocenters. The highest BCUT2D eigenvalue weighted by Gasteiger charge is 2.24. The number of benzene rings is 1. The summed E-state index contributed by atoms with van der Waals surface area (Å²) < 4.78 is 10.2. The Hall–Kier alpha value is -2.83. The minimum absolute atomic E-state index is 0.00990. The number of piperidine rings is 1. The Morgan fingerprint density at radius 1 is 1.28 bits per heavy atom. The lowest BCUT2D eigenvalue weighted by Gasteiger charge is -2.30. The normalized spacial score (nSPS) is 15.2. The van der Waals surface area contributed by atoms with Crippen LogP contribution in [0.5, 0.6) is 0 Å². The molecular formula is C18H20N2O5. The summed E-state index contributed by atoms with van der Waals surface area (Å²) >= 11 is 0. The molecule has 1 fully saturated rings. The molecule has 1 aliphatic heterocycles. The van der Waals surface area contributed by atoms with Gasteiger partial charge in [-0.15, -0.1) is 0 Å². The first-order valence-electron chi connectivity index (χ1n) is 8.22. The number of methoxy groups -OCH3 is 1. The van der Waals surface area contributed by atoms with Crippen LogP contribution in [0.15, 0.2) is 39.5 Å². The van der Waals surface area contributed by atoms with Gasteiger partial charge < -0.3 is 19.4 Å². The molecule has 1 saturated heterocycles. The fourth-order valence-corrected chi connectivity index (χ4v) is 2.99. The second kappa shape index (κ2) is 7.38.